The van der Waals surface area contributed by atoms with Crippen LogP contribution in [-0.2, 0) is 6.42 Å². The number of nitrogens with zero attached hydrogens (tertiary/aromatic N) is 2. The molecule has 0 spiro atoms. The first-order valence-corrected chi connectivity index (χ1v) is 6.31. The quantitative estimate of drug-likeness (QED) is 0.785. The molecular weight excluding hydrogens is 210 g/mol. The summed E-state index contributed by atoms with van der Waals surface area (Å²) in [7, 11) is 2.17. The zero-order chi connectivity index (χ0) is 12.7. The van der Waals surface area contributed by atoms with Crippen LogP contribution in [0.2, 0.25) is 0 Å². The molecule has 1 aromatic heterocycles. The molecule has 0 bridgehead atoms. The Morgan fingerprint density at radius 1 is 1.35 bits per heavy atom. The number of nitrogens with two attached hydrogens (primary N) is 1. The van der Waals surface area contributed by atoms with Crippen molar-refractivity contribution in [3.05, 3.63) is 30.1 Å². The van der Waals surface area contributed by atoms with Crippen molar-refractivity contribution in [3.63, 3.8) is 0 Å². The lowest BCUT2D eigenvalue weighted by atomic mass is 9.89. The van der Waals surface area contributed by atoms with Gasteiger partial charge in [-0.15, -0.1) is 0 Å². The second kappa shape index (κ2) is 6.72. The van der Waals surface area contributed by atoms with E-state index in [-0.39, 0.29) is 5.41 Å². The van der Waals surface area contributed by atoms with E-state index >= 15 is 0 Å². The van der Waals surface area contributed by atoms with Gasteiger partial charge in [0.25, 0.3) is 0 Å². The molecule has 0 fully saturated rings. The maximum absolute atomic E-state index is 5.73. The van der Waals surface area contributed by atoms with E-state index in [0.29, 0.717) is 0 Å². The monoisotopic (exact) mass is 235 g/mol. The molecule has 0 unspecified atom stereocenters. The Morgan fingerprint density at radius 3 is 2.71 bits per heavy atom. The summed E-state index contributed by atoms with van der Waals surface area (Å²) in [6.45, 7) is 7.38. The fourth-order valence-electron chi connectivity index (χ4n) is 1.57. The normalized spacial score (nSPS) is 12.1. The molecule has 17 heavy (non-hydrogen) atoms. The van der Waals surface area contributed by atoms with Crippen LogP contribution in [0.5, 0.6) is 0 Å². The van der Waals surface area contributed by atoms with E-state index in [9.17, 15) is 0 Å². The summed E-state index contributed by atoms with van der Waals surface area (Å²) in [5.74, 6) is 0. The van der Waals surface area contributed by atoms with Crippen molar-refractivity contribution in [1.82, 2.24) is 9.88 Å². The van der Waals surface area contributed by atoms with Gasteiger partial charge in [-0.3, -0.25) is 4.98 Å². The third kappa shape index (κ3) is 5.80. The minimum absolute atomic E-state index is 0.253. The zero-order valence-corrected chi connectivity index (χ0v) is 11.3. The Bertz CT molecular complexity index is 309. The average molecular weight is 235 g/mol. The maximum Gasteiger partial charge on any atom is 0.0300 e. The van der Waals surface area contributed by atoms with Crippen molar-refractivity contribution >= 4 is 0 Å². The molecule has 96 valence electrons. The summed E-state index contributed by atoms with van der Waals surface area (Å²) >= 11 is 0. The molecule has 0 aromatic carbocycles. The molecule has 0 radical (unpaired) electrons. The highest BCUT2D eigenvalue weighted by Crippen LogP contribution is 2.18. The first-order valence-electron chi connectivity index (χ1n) is 6.31. The van der Waals surface area contributed by atoms with Crippen LogP contribution in [0.25, 0.3) is 0 Å². The van der Waals surface area contributed by atoms with Crippen LogP contribution in [0.4, 0.5) is 0 Å². The van der Waals surface area contributed by atoms with Gasteiger partial charge >= 0.3 is 0 Å². The van der Waals surface area contributed by atoms with Gasteiger partial charge in [0.15, 0.2) is 0 Å². The van der Waals surface area contributed by atoms with Crippen LogP contribution in [0.1, 0.15) is 25.8 Å². The molecule has 0 aliphatic carbocycles. The highest BCUT2D eigenvalue weighted by Gasteiger charge is 2.15. The second-order valence-corrected chi connectivity index (χ2v) is 5.53. The van der Waals surface area contributed by atoms with E-state index in [4.69, 9.17) is 5.73 Å². The Kier molecular flexibility index (Phi) is 5.59. The topological polar surface area (TPSA) is 42.2 Å². The van der Waals surface area contributed by atoms with E-state index in [0.717, 1.165) is 32.5 Å². The van der Waals surface area contributed by atoms with Gasteiger partial charge in [0.2, 0.25) is 0 Å². The van der Waals surface area contributed by atoms with E-state index in [2.05, 4.69) is 36.8 Å². The molecule has 0 aliphatic heterocycles. The van der Waals surface area contributed by atoms with Crippen molar-refractivity contribution in [2.45, 2.75) is 26.7 Å². The van der Waals surface area contributed by atoms with Gasteiger partial charge in [-0.2, -0.15) is 0 Å². The van der Waals surface area contributed by atoms with Crippen molar-refractivity contribution < 1.29 is 0 Å². The summed E-state index contributed by atoms with van der Waals surface area (Å²) in [6.07, 6.45) is 5.97. The fraction of sp³-hybridized carbons (Fsp3) is 0.643. The molecule has 0 aliphatic rings. The lowest BCUT2D eigenvalue weighted by Gasteiger charge is -2.26. The SMILES string of the molecule is CN(CCc1cccnc1)CCC(C)(C)CN. The van der Waals surface area contributed by atoms with Gasteiger partial charge in [0.1, 0.15) is 0 Å². The van der Waals surface area contributed by atoms with Crippen LogP contribution in [0, 0.1) is 5.41 Å². The van der Waals surface area contributed by atoms with Crippen LogP contribution in [-0.4, -0.2) is 36.6 Å². The van der Waals surface area contributed by atoms with E-state index in [1.807, 2.05) is 18.5 Å². The molecule has 0 atom stereocenters. The van der Waals surface area contributed by atoms with Crippen LogP contribution >= 0.6 is 0 Å². The van der Waals surface area contributed by atoms with Crippen LogP contribution < -0.4 is 5.73 Å². The molecule has 1 aromatic rings. The minimum Gasteiger partial charge on any atom is -0.330 e. The van der Waals surface area contributed by atoms with Crippen LogP contribution in [0.15, 0.2) is 24.5 Å². The van der Waals surface area contributed by atoms with Gasteiger partial charge < -0.3 is 10.6 Å². The summed E-state index contributed by atoms with van der Waals surface area (Å²) in [5, 5.41) is 0. The van der Waals surface area contributed by atoms with Crippen molar-refractivity contribution in [2.75, 3.05) is 26.7 Å². The fourth-order valence-corrected chi connectivity index (χ4v) is 1.57. The van der Waals surface area contributed by atoms with Gasteiger partial charge in [-0.25, -0.2) is 0 Å². The molecule has 0 saturated carbocycles. The first-order chi connectivity index (χ1) is 8.03. The molecule has 3 nitrogen and oxygen atoms in total. The Morgan fingerprint density at radius 2 is 2.12 bits per heavy atom. The number of aromatic nitrogens is 1. The second-order valence-electron chi connectivity index (χ2n) is 5.53. The van der Waals surface area contributed by atoms with Crippen LogP contribution in [0.3, 0.4) is 0 Å². The predicted molar refractivity (Wildman–Crippen MR) is 72.9 cm³/mol. The maximum atomic E-state index is 5.73. The first kappa shape index (κ1) is 14.1. The molecule has 3 heteroatoms. The summed E-state index contributed by atoms with van der Waals surface area (Å²) in [4.78, 5) is 6.49. The molecule has 1 heterocycles. The van der Waals surface area contributed by atoms with E-state index in [1.165, 1.54) is 5.56 Å². The van der Waals surface area contributed by atoms with Crippen molar-refractivity contribution in [2.24, 2.45) is 11.1 Å². The molecule has 0 saturated heterocycles. The highest BCUT2D eigenvalue weighted by molar-refractivity contribution is 5.08. The molecule has 1 rings (SSSR count). The van der Waals surface area contributed by atoms with Gasteiger partial charge in [0.05, 0.1) is 0 Å². The largest absolute Gasteiger partial charge is 0.330 e. The summed E-state index contributed by atoms with van der Waals surface area (Å²) in [6, 6.07) is 4.12. The number of pyridine rings is 1. The molecule has 2 N–H and O–H groups in total. The third-order valence-electron chi connectivity index (χ3n) is 3.23. The average Bonchev–Trinajstić information content (AvgIpc) is 2.35. The van der Waals surface area contributed by atoms with Gasteiger partial charge in [0, 0.05) is 18.9 Å². The highest BCUT2D eigenvalue weighted by atomic mass is 15.1. The summed E-state index contributed by atoms with van der Waals surface area (Å²) in [5.41, 5.74) is 7.29. The van der Waals surface area contributed by atoms with Crippen molar-refractivity contribution in [1.29, 1.82) is 0 Å². The summed E-state index contributed by atoms with van der Waals surface area (Å²) < 4.78 is 0. The minimum atomic E-state index is 0.253. The predicted octanol–water partition coefficient (Wildman–Crippen LogP) is 1.93. The zero-order valence-electron chi connectivity index (χ0n) is 11.3. The number of hydrogen-bond donors (Lipinski definition) is 1. The standard InChI is InChI=1S/C14H25N3/c1-14(2,12-15)7-10-17(3)9-6-13-5-4-8-16-11-13/h4-5,8,11H,6-7,9-10,12,15H2,1-3H3. The lowest BCUT2D eigenvalue weighted by Crippen LogP contribution is -2.30. The van der Waals surface area contributed by atoms with E-state index in [1.54, 1.807) is 0 Å². The van der Waals surface area contributed by atoms with Crippen molar-refractivity contribution in [3.8, 4) is 0 Å². The third-order valence-corrected chi connectivity index (χ3v) is 3.23. The Balaban J connectivity index is 2.24. The molecular formula is C14H25N3. The number of rotatable bonds is 7. The Labute approximate surface area is 105 Å². The number of likely N-dealkylation sites (N-methyl/N-ethyl adjacent to an activating group) is 1. The smallest absolute Gasteiger partial charge is 0.0300 e. The van der Waals surface area contributed by atoms with Gasteiger partial charge in [-0.05, 0) is 50.0 Å². The van der Waals surface area contributed by atoms with Gasteiger partial charge in [-0.1, -0.05) is 19.9 Å². The molecule has 0 amide bonds. The number of hydrogen-bond acceptors (Lipinski definition) is 3. The lowest BCUT2D eigenvalue weighted by molar-refractivity contribution is 0.255. The van der Waals surface area contributed by atoms with E-state index < -0.39 is 0 Å². The Hall–Kier alpha value is -0.930.